The van der Waals surface area contributed by atoms with E-state index < -0.39 is 80.6 Å². The van der Waals surface area contributed by atoms with Gasteiger partial charge in [0.2, 0.25) is 5.79 Å². The van der Waals surface area contributed by atoms with Crippen LogP contribution in [0.2, 0.25) is 0 Å². The van der Waals surface area contributed by atoms with Gasteiger partial charge in [-0.1, -0.05) is 30.3 Å². The topological polar surface area (TPSA) is 196 Å². The zero-order chi connectivity index (χ0) is 23.5. The predicted molar refractivity (Wildman–Crippen MR) is 103 cm³/mol. The molecule has 1 aromatic carbocycles. The number of rotatable bonds is 8. The Kier molecular flexibility index (Phi) is 8.16. The van der Waals surface area contributed by atoms with Crippen LogP contribution in [0, 0.1) is 0 Å². The molecule has 12 heteroatoms. The van der Waals surface area contributed by atoms with E-state index in [1.807, 2.05) is 0 Å². The average Bonchev–Trinajstić information content (AvgIpc) is 3.04. The fraction of sp³-hybridized carbons (Fsp3) is 0.650. The van der Waals surface area contributed by atoms with Crippen LogP contribution in [-0.4, -0.2) is 116 Å². The molecule has 1 aromatic rings. The molecule has 0 unspecified atom stereocenters. The summed E-state index contributed by atoms with van der Waals surface area (Å²) in [6.07, 6.45) is -13.1. The van der Waals surface area contributed by atoms with Crippen molar-refractivity contribution in [3.63, 3.8) is 0 Å². The van der Waals surface area contributed by atoms with Gasteiger partial charge in [-0.25, -0.2) is 0 Å². The summed E-state index contributed by atoms with van der Waals surface area (Å²) in [5.41, 5.74) is 0.702. The number of ether oxygens (including phenoxy) is 4. The minimum Gasteiger partial charge on any atom is -0.463 e. The Hall–Kier alpha value is -1.71. The molecule has 0 amide bonds. The maximum absolute atomic E-state index is 12.1. The third-order valence-corrected chi connectivity index (χ3v) is 5.49. The van der Waals surface area contributed by atoms with Gasteiger partial charge in [0.25, 0.3) is 0 Å². The van der Waals surface area contributed by atoms with Crippen LogP contribution in [0.3, 0.4) is 0 Å². The summed E-state index contributed by atoms with van der Waals surface area (Å²) in [6.45, 7) is -2.18. The minimum atomic E-state index is -2.28. The molecule has 0 aliphatic carbocycles. The maximum Gasteiger partial charge on any atom is 0.310 e. The SMILES string of the molecule is O=C(Cc1ccccc1)OC[C@H]1O[C@H](O[C@]2(CO)O[C@H](CO)[C@@H](O)[C@@H]2O)[C@H](O)[C@@H](O)[C@@H]1O. The monoisotopic (exact) mass is 460 g/mol. The molecular formula is C20H28O12. The normalized spacial score (nSPS) is 39.7. The number of carbonyl (C=O) groups excluding carboxylic acids is 1. The lowest BCUT2D eigenvalue weighted by atomic mass is 9.99. The van der Waals surface area contributed by atoms with Crippen molar-refractivity contribution in [1.29, 1.82) is 0 Å². The summed E-state index contributed by atoms with van der Waals surface area (Å²) < 4.78 is 21.2. The van der Waals surface area contributed by atoms with Gasteiger partial charge in [-0.3, -0.25) is 4.79 Å². The van der Waals surface area contributed by atoms with Crippen molar-refractivity contribution in [2.24, 2.45) is 0 Å². The van der Waals surface area contributed by atoms with E-state index >= 15 is 0 Å². The van der Waals surface area contributed by atoms with Gasteiger partial charge in [-0.2, -0.15) is 0 Å². The summed E-state index contributed by atoms with van der Waals surface area (Å²) in [7, 11) is 0. The van der Waals surface area contributed by atoms with E-state index in [1.54, 1.807) is 30.3 Å². The summed E-state index contributed by atoms with van der Waals surface area (Å²) in [4.78, 5) is 12.1. The lowest BCUT2D eigenvalue weighted by Crippen LogP contribution is -2.62. The molecule has 180 valence electrons. The smallest absolute Gasteiger partial charge is 0.310 e. The molecule has 0 aromatic heterocycles. The Balaban J connectivity index is 1.65. The first-order valence-corrected chi connectivity index (χ1v) is 10.0. The van der Waals surface area contributed by atoms with E-state index in [2.05, 4.69) is 0 Å². The highest BCUT2D eigenvalue weighted by molar-refractivity contribution is 5.72. The van der Waals surface area contributed by atoms with Crippen LogP contribution in [0.5, 0.6) is 0 Å². The third kappa shape index (κ3) is 5.10. The number of hydrogen-bond donors (Lipinski definition) is 7. The molecule has 2 fully saturated rings. The molecular weight excluding hydrogens is 432 g/mol. The van der Waals surface area contributed by atoms with Gasteiger partial charge in [0.15, 0.2) is 6.29 Å². The minimum absolute atomic E-state index is 0.0388. The van der Waals surface area contributed by atoms with Gasteiger partial charge in [-0.15, -0.1) is 0 Å². The average molecular weight is 460 g/mol. The highest BCUT2D eigenvalue weighted by atomic mass is 16.8. The van der Waals surface area contributed by atoms with Crippen LogP contribution in [0.1, 0.15) is 5.56 Å². The molecule has 0 radical (unpaired) electrons. The van der Waals surface area contributed by atoms with Crippen LogP contribution in [0.25, 0.3) is 0 Å². The first-order chi connectivity index (χ1) is 15.2. The molecule has 2 heterocycles. The summed E-state index contributed by atoms with van der Waals surface area (Å²) >= 11 is 0. The van der Waals surface area contributed by atoms with Gasteiger partial charge in [0.1, 0.15) is 55.9 Å². The van der Waals surface area contributed by atoms with E-state index in [0.717, 1.165) is 0 Å². The van der Waals surface area contributed by atoms with Gasteiger partial charge >= 0.3 is 5.97 Å². The van der Waals surface area contributed by atoms with Crippen LogP contribution in [0.4, 0.5) is 0 Å². The number of hydrogen-bond acceptors (Lipinski definition) is 12. The molecule has 0 saturated carbocycles. The van der Waals surface area contributed by atoms with Crippen molar-refractivity contribution >= 4 is 5.97 Å². The van der Waals surface area contributed by atoms with Gasteiger partial charge < -0.3 is 54.7 Å². The molecule has 2 aliphatic rings. The molecule has 7 N–H and O–H groups in total. The maximum atomic E-state index is 12.1. The highest BCUT2D eigenvalue weighted by Gasteiger charge is 2.58. The number of carbonyl (C=O) groups is 1. The fourth-order valence-corrected chi connectivity index (χ4v) is 3.61. The molecule has 0 spiro atoms. The lowest BCUT2D eigenvalue weighted by Gasteiger charge is -2.43. The standard InChI is InChI=1S/C20H28O12/c21-7-11-15(25)18(28)20(9-22,31-11)32-19-17(27)16(26)14(24)12(30-19)8-29-13(23)6-10-4-2-1-3-5-10/h1-5,11-12,14-19,21-22,24-28H,6-9H2/t11-,12-,14-,15-,16+,17-,18+,19-,20+/m1/s1. The first kappa shape index (κ1) is 24.9. The quantitative estimate of drug-likeness (QED) is 0.189. The Bertz CT molecular complexity index is 747. The van der Waals surface area contributed by atoms with E-state index in [4.69, 9.17) is 18.9 Å². The zero-order valence-corrected chi connectivity index (χ0v) is 17.0. The second-order valence-corrected chi connectivity index (χ2v) is 7.72. The zero-order valence-electron chi connectivity index (χ0n) is 17.0. The van der Waals surface area contributed by atoms with Crippen molar-refractivity contribution in [2.75, 3.05) is 19.8 Å². The van der Waals surface area contributed by atoms with E-state index in [9.17, 15) is 40.5 Å². The van der Waals surface area contributed by atoms with Crippen molar-refractivity contribution in [2.45, 2.75) is 61.2 Å². The Morgan fingerprint density at radius 2 is 1.62 bits per heavy atom. The lowest BCUT2D eigenvalue weighted by molar-refractivity contribution is -0.383. The summed E-state index contributed by atoms with van der Waals surface area (Å²) in [5.74, 6) is -2.91. The molecule has 2 saturated heterocycles. The highest BCUT2D eigenvalue weighted by Crippen LogP contribution is 2.36. The number of aliphatic hydroxyl groups is 7. The second kappa shape index (κ2) is 10.5. The summed E-state index contributed by atoms with van der Waals surface area (Å²) in [6, 6.07) is 8.76. The van der Waals surface area contributed by atoms with Crippen LogP contribution < -0.4 is 0 Å². The van der Waals surface area contributed by atoms with Crippen LogP contribution in [0.15, 0.2) is 30.3 Å². The van der Waals surface area contributed by atoms with E-state index in [0.29, 0.717) is 5.56 Å². The molecule has 12 nitrogen and oxygen atoms in total. The van der Waals surface area contributed by atoms with Gasteiger partial charge in [0, 0.05) is 0 Å². The third-order valence-electron chi connectivity index (χ3n) is 5.49. The Labute approximate surface area is 183 Å². The van der Waals surface area contributed by atoms with E-state index in [-0.39, 0.29) is 6.42 Å². The second-order valence-electron chi connectivity index (χ2n) is 7.72. The molecule has 9 atom stereocenters. The number of aliphatic hydroxyl groups excluding tert-OH is 7. The van der Waals surface area contributed by atoms with Gasteiger partial charge in [-0.05, 0) is 5.56 Å². The Morgan fingerprint density at radius 3 is 2.22 bits per heavy atom. The largest absolute Gasteiger partial charge is 0.463 e. The molecule has 32 heavy (non-hydrogen) atoms. The predicted octanol–water partition coefficient (Wildman–Crippen LogP) is -3.60. The van der Waals surface area contributed by atoms with Crippen molar-refractivity contribution in [3.05, 3.63) is 35.9 Å². The molecule has 0 bridgehead atoms. The van der Waals surface area contributed by atoms with Crippen molar-refractivity contribution < 1.29 is 59.5 Å². The Morgan fingerprint density at radius 1 is 0.938 bits per heavy atom. The molecule has 2 aliphatic heterocycles. The number of benzene rings is 1. The fourth-order valence-electron chi connectivity index (χ4n) is 3.61. The first-order valence-electron chi connectivity index (χ1n) is 10.0. The summed E-state index contributed by atoms with van der Waals surface area (Å²) in [5, 5.41) is 69.8. The number of esters is 1. The van der Waals surface area contributed by atoms with Crippen LogP contribution >= 0.6 is 0 Å². The van der Waals surface area contributed by atoms with Crippen molar-refractivity contribution in [1.82, 2.24) is 0 Å². The van der Waals surface area contributed by atoms with Crippen molar-refractivity contribution in [3.8, 4) is 0 Å². The molecule has 3 rings (SSSR count). The van der Waals surface area contributed by atoms with Crippen LogP contribution in [-0.2, 0) is 30.2 Å². The van der Waals surface area contributed by atoms with Gasteiger partial charge in [0.05, 0.1) is 13.0 Å². The van der Waals surface area contributed by atoms with E-state index in [1.165, 1.54) is 0 Å².